The molecule has 0 amide bonds. The molecule has 1 saturated heterocycles. The number of ether oxygens (including phenoxy) is 2. The molecule has 0 aromatic carbocycles. The molecule has 0 bridgehead atoms. The first-order chi connectivity index (χ1) is 9.12. The van der Waals surface area contributed by atoms with Gasteiger partial charge in [-0.1, -0.05) is 0 Å². The molecule has 2 rings (SSSR count). The second-order valence-electron chi connectivity index (χ2n) is 4.66. The summed E-state index contributed by atoms with van der Waals surface area (Å²) in [6.07, 6.45) is -0.168. The maximum atomic E-state index is 9.24. The summed E-state index contributed by atoms with van der Waals surface area (Å²) in [6.45, 7) is 3.58. The normalized spacial score (nSPS) is 23.6. The Bertz CT molecular complexity index is 429. The van der Waals surface area contributed by atoms with Gasteiger partial charge in [0.1, 0.15) is 18.2 Å². The van der Waals surface area contributed by atoms with Crippen molar-refractivity contribution < 1.29 is 14.6 Å². The molecule has 0 radical (unpaired) electrons. The monoisotopic (exact) mass is 268 g/mol. The molecule has 0 spiro atoms. The lowest BCUT2D eigenvalue weighted by molar-refractivity contribution is -0.0423. The number of anilines is 2. The van der Waals surface area contributed by atoms with Crippen LogP contribution in [0.15, 0.2) is 6.07 Å². The molecule has 2 unspecified atom stereocenters. The number of aliphatic hydroxyl groups excluding tert-OH is 1. The van der Waals surface area contributed by atoms with Gasteiger partial charge >= 0.3 is 0 Å². The molecule has 7 nitrogen and oxygen atoms in total. The summed E-state index contributed by atoms with van der Waals surface area (Å²) in [5.74, 6) is 1.71. The zero-order valence-corrected chi connectivity index (χ0v) is 11.2. The number of aromatic nitrogens is 2. The van der Waals surface area contributed by atoms with Crippen LogP contribution in [0.2, 0.25) is 0 Å². The molecule has 1 aromatic heterocycles. The van der Waals surface area contributed by atoms with E-state index in [0.717, 1.165) is 5.82 Å². The molecular weight excluding hydrogens is 248 g/mol. The van der Waals surface area contributed by atoms with Gasteiger partial charge in [-0.2, -0.15) is 0 Å². The van der Waals surface area contributed by atoms with Gasteiger partial charge in [-0.05, 0) is 6.92 Å². The van der Waals surface area contributed by atoms with Gasteiger partial charge in [0.05, 0.1) is 18.8 Å². The highest BCUT2D eigenvalue weighted by Crippen LogP contribution is 2.20. The Kier molecular flexibility index (Phi) is 4.52. The summed E-state index contributed by atoms with van der Waals surface area (Å²) < 4.78 is 10.6. The highest BCUT2D eigenvalue weighted by Gasteiger charge is 2.26. The van der Waals surface area contributed by atoms with Crippen molar-refractivity contribution >= 4 is 11.6 Å². The third-order valence-electron chi connectivity index (χ3n) is 2.91. The summed E-state index contributed by atoms with van der Waals surface area (Å²) in [4.78, 5) is 10.6. The molecule has 1 aliphatic heterocycles. The zero-order valence-electron chi connectivity index (χ0n) is 11.2. The van der Waals surface area contributed by atoms with Gasteiger partial charge in [0, 0.05) is 26.3 Å². The van der Waals surface area contributed by atoms with E-state index in [0.29, 0.717) is 31.3 Å². The fraction of sp³-hybridized carbons (Fsp3) is 0.667. The first-order valence-electron chi connectivity index (χ1n) is 6.26. The molecule has 7 heteroatoms. The maximum absolute atomic E-state index is 9.24. The first-order valence-corrected chi connectivity index (χ1v) is 6.26. The fourth-order valence-electron chi connectivity index (χ4n) is 2.19. The summed E-state index contributed by atoms with van der Waals surface area (Å²) in [5.41, 5.74) is 5.78. The van der Waals surface area contributed by atoms with Crippen LogP contribution < -0.4 is 10.6 Å². The molecule has 1 aromatic rings. The summed E-state index contributed by atoms with van der Waals surface area (Å²) in [7, 11) is 1.59. The van der Waals surface area contributed by atoms with E-state index in [-0.39, 0.29) is 18.8 Å². The highest BCUT2D eigenvalue weighted by molar-refractivity contribution is 5.47. The lowest BCUT2D eigenvalue weighted by Crippen LogP contribution is -2.48. The van der Waals surface area contributed by atoms with E-state index in [4.69, 9.17) is 15.2 Å². The van der Waals surface area contributed by atoms with Gasteiger partial charge in [-0.15, -0.1) is 0 Å². The number of nitrogens with zero attached hydrogens (tertiary/aromatic N) is 3. The lowest BCUT2D eigenvalue weighted by atomic mass is 10.2. The number of nitrogens with two attached hydrogens (primary N) is 1. The molecule has 19 heavy (non-hydrogen) atoms. The number of nitrogen functional groups attached to an aromatic ring is 1. The topological polar surface area (TPSA) is 93.7 Å². The molecule has 3 N–H and O–H groups in total. The van der Waals surface area contributed by atoms with Gasteiger partial charge < -0.3 is 25.2 Å². The highest BCUT2D eigenvalue weighted by atomic mass is 16.5. The van der Waals surface area contributed by atoms with Crippen LogP contribution in [0.25, 0.3) is 0 Å². The number of methoxy groups -OCH3 is 1. The second-order valence-corrected chi connectivity index (χ2v) is 4.66. The molecule has 2 heterocycles. The summed E-state index contributed by atoms with van der Waals surface area (Å²) in [6, 6.07) is 1.73. The Morgan fingerprint density at radius 2 is 2.32 bits per heavy atom. The van der Waals surface area contributed by atoms with Crippen LogP contribution in [0.3, 0.4) is 0 Å². The Morgan fingerprint density at radius 1 is 1.53 bits per heavy atom. The average molecular weight is 268 g/mol. The average Bonchev–Trinajstić information content (AvgIpc) is 2.37. The van der Waals surface area contributed by atoms with E-state index in [2.05, 4.69) is 9.97 Å². The van der Waals surface area contributed by atoms with Crippen LogP contribution in [0.5, 0.6) is 0 Å². The smallest absolute Gasteiger partial charge is 0.158 e. The van der Waals surface area contributed by atoms with E-state index in [1.165, 1.54) is 0 Å². The lowest BCUT2D eigenvalue weighted by Gasteiger charge is -2.36. The number of morpholine rings is 1. The first kappa shape index (κ1) is 14.0. The predicted octanol–water partition coefficient (Wildman–Crippen LogP) is -0.209. The van der Waals surface area contributed by atoms with Crippen LogP contribution in [-0.2, 0) is 16.1 Å². The molecule has 0 saturated carbocycles. The van der Waals surface area contributed by atoms with Gasteiger partial charge in [0.15, 0.2) is 5.82 Å². The van der Waals surface area contributed by atoms with Crippen LogP contribution in [-0.4, -0.2) is 54.1 Å². The minimum absolute atomic E-state index is 0.00761. The molecule has 106 valence electrons. The largest absolute Gasteiger partial charge is 0.394 e. The minimum Gasteiger partial charge on any atom is -0.394 e. The van der Waals surface area contributed by atoms with Gasteiger partial charge in [-0.3, -0.25) is 0 Å². The number of rotatable bonds is 4. The van der Waals surface area contributed by atoms with Gasteiger partial charge in [-0.25, -0.2) is 9.97 Å². The standard InChI is InChI=1S/C12H20N4O3/c1-8-4-16(5-9(6-17)19-8)12-3-10(13)14-11(15-12)7-18-2/h3,8-9,17H,4-7H2,1-2H3,(H2,13,14,15). The van der Waals surface area contributed by atoms with Crippen molar-refractivity contribution in [3.63, 3.8) is 0 Å². The minimum atomic E-state index is -0.203. The SMILES string of the molecule is COCc1nc(N)cc(N2CC(C)OC(CO)C2)n1. The van der Waals surface area contributed by atoms with Crippen molar-refractivity contribution in [2.24, 2.45) is 0 Å². The van der Waals surface area contributed by atoms with Crippen molar-refractivity contribution in [1.29, 1.82) is 0 Å². The molecule has 0 aliphatic carbocycles. The summed E-state index contributed by atoms with van der Waals surface area (Å²) >= 11 is 0. The second kappa shape index (κ2) is 6.14. The Labute approximate surface area is 112 Å². The Morgan fingerprint density at radius 3 is 3.00 bits per heavy atom. The van der Waals surface area contributed by atoms with Crippen LogP contribution in [0.1, 0.15) is 12.7 Å². The Balaban J connectivity index is 2.20. The van der Waals surface area contributed by atoms with Crippen molar-refractivity contribution in [3.8, 4) is 0 Å². The molecule has 1 fully saturated rings. The van der Waals surface area contributed by atoms with E-state index in [9.17, 15) is 5.11 Å². The maximum Gasteiger partial charge on any atom is 0.158 e. The zero-order chi connectivity index (χ0) is 13.8. The van der Waals surface area contributed by atoms with Crippen molar-refractivity contribution in [3.05, 3.63) is 11.9 Å². The van der Waals surface area contributed by atoms with Gasteiger partial charge in [0.25, 0.3) is 0 Å². The fourth-order valence-corrected chi connectivity index (χ4v) is 2.19. The quantitative estimate of drug-likeness (QED) is 0.780. The van der Waals surface area contributed by atoms with Crippen molar-refractivity contribution in [1.82, 2.24) is 9.97 Å². The number of hydrogen-bond acceptors (Lipinski definition) is 7. The van der Waals surface area contributed by atoms with Gasteiger partial charge in [0.2, 0.25) is 0 Å². The third-order valence-corrected chi connectivity index (χ3v) is 2.91. The van der Waals surface area contributed by atoms with E-state index in [1.54, 1.807) is 13.2 Å². The van der Waals surface area contributed by atoms with Crippen molar-refractivity contribution in [2.75, 3.05) is 37.4 Å². The third kappa shape index (κ3) is 3.52. The van der Waals surface area contributed by atoms with Crippen LogP contribution >= 0.6 is 0 Å². The van der Waals surface area contributed by atoms with Crippen LogP contribution in [0, 0.1) is 0 Å². The molecule has 2 atom stereocenters. The predicted molar refractivity (Wildman–Crippen MR) is 70.8 cm³/mol. The van der Waals surface area contributed by atoms with Crippen LogP contribution in [0.4, 0.5) is 11.6 Å². The molecule has 1 aliphatic rings. The number of hydrogen-bond donors (Lipinski definition) is 2. The molecular formula is C12H20N4O3. The summed E-state index contributed by atoms with van der Waals surface area (Å²) in [5, 5.41) is 9.24. The van der Waals surface area contributed by atoms with E-state index < -0.39 is 0 Å². The van der Waals surface area contributed by atoms with E-state index >= 15 is 0 Å². The van der Waals surface area contributed by atoms with Crippen molar-refractivity contribution in [2.45, 2.75) is 25.7 Å². The number of aliphatic hydroxyl groups is 1. The Hall–Kier alpha value is -1.44. The van der Waals surface area contributed by atoms with E-state index in [1.807, 2.05) is 11.8 Å².